The van der Waals surface area contributed by atoms with Crippen LogP contribution in [0.5, 0.6) is 5.75 Å². The van der Waals surface area contributed by atoms with Crippen LogP contribution in [0.25, 0.3) is 0 Å². The maximum absolute atomic E-state index is 13.2. The van der Waals surface area contributed by atoms with Crippen LogP contribution in [0.4, 0.5) is 0 Å². The highest BCUT2D eigenvalue weighted by Gasteiger charge is 2.24. The maximum atomic E-state index is 13.2. The number of halogens is 1. The van der Waals surface area contributed by atoms with Crippen molar-refractivity contribution in [2.75, 3.05) is 13.3 Å². The number of ether oxygens (including phenoxy) is 1. The minimum atomic E-state index is -2.11. The molecule has 0 heterocycles. The molecule has 0 fully saturated rings. The van der Waals surface area contributed by atoms with Crippen molar-refractivity contribution in [1.82, 2.24) is 0 Å². The zero-order valence-corrected chi connectivity index (χ0v) is 18.4. The lowest BCUT2D eigenvalue weighted by Crippen LogP contribution is -2.18. The lowest BCUT2D eigenvalue weighted by atomic mass is 9.86. The number of hydrogen-bond acceptors (Lipinski definition) is 3. The number of methoxy groups -OCH3 is 1. The third-order valence-corrected chi connectivity index (χ3v) is 6.81. The largest absolute Gasteiger partial charge is 0.496 e. The highest BCUT2D eigenvalue weighted by atomic mass is 35.5. The first kappa shape index (κ1) is 21.7. The number of rotatable bonds is 7. The molecule has 0 saturated heterocycles. The summed E-state index contributed by atoms with van der Waals surface area (Å²) in [6.07, 6.45) is 1.57. The van der Waals surface area contributed by atoms with E-state index >= 15 is 0 Å². The first-order valence-electron chi connectivity index (χ1n) is 9.13. The molecule has 0 aliphatic heterocycles. The Balaban J connectivity index is 2.36. The molecule has 0 spiro atoms. The van der Waals surface area contributed by atoms with Crippen LogP contribution in [0.2, 0.25) is 5.02 Å². The van der Waals surface area contributed by atoms with E-state index in [4.69, 9.17) is 16.3 Å². The molecule has 2 atom stereocenters. The van der Waals surface area contributed by atoms with Crippen LogP contribution in [0, 0.1) is 11.3 Å². The Bertz CT molecular complexity index is 840. The standard InChI is InChI=1S/C22H28ClO3P/c1-15(13-22(2,3)4)14-27(25)19-12-7-6-9-16(19)21(24)20-17(23)10-8-11-18(20)26-5/h6-12,15,27H,13-14H2,1-5H3. The van der Waals surface area contributed by atoms with Crippen LogP contribution in [0.3, 0.4) is 0 Å². The van der Waals surface area contributed by atoms with Gasteiger partial charge in [-0.3, -0.25) is 4.79 Å². The summed E-state index contributed by atoms with van der Waals surface area (Å²) in [6, 6.07) is 12.2. The summed E-state index contributed by atoms with van der Waals surface area (Å²) in [6.45, 7) is 8.67. The van der Waals surface area contributed by atoms with Gasteiger partial charge in [0.05, 0.1) is 17.7 Å². The van der Waals surface area contributed by atoms with Gasteiger partial charge in [-0.15, -0.1) is 0 Å². The van der Waals surface area contributed by atoms with Crippen LogP contribution >= 0.6 is 19.4 Å². The predicted octanol–water partition coefficient (Wildman–Crippen LogP) is 5.84. The fraction of sp³-hybridized carbons (Fsp3) is 0.409. The molecule has 3 nitrogen and oxygen atoms in total. The molecule has 0 aliphatic rings. The number of carbonyl (C=O) groups excluding carboxylic acids is 1. The smallest absolute Gasteiger partial charge is 0.199 e. The van der Waals surface area contributed by atoms with Crippen molar-refractivity contribution in [2.24, 2.45) is 11.3 Å². The fourth-order valence-electron chi connectivity index (χ4n) is 3.50. The van der Waals surface area contributed by atoms with Crippen molar-refractivity contribution in [2.45, 2.75) is 34.1 Å². The summed E-state index contributed by atoms with van der Waals surface area (Å²) >= 11 is 6.27. The van der Waals surface area contributed by atoms with Crippen LogP contribution in [-0.4, -0.2) is 19.1 Å². The molecule has 2 unspecified atom stereocenters. The van der Waals surface area contributed by atoms with Crippen molar-refractivity contribution < 1.29 is 14.1 Å². The molecule has 146 valence electrons. The lowest BCUT2D eigenvalue weighted by molar-refractivity contribution is 0.103. The average molecular weight is 407 g/mol. The number of hydrogen-bond donors (Lipinski definition) is 0. The molecule has 0 saturated carbocycles. The van der Waals surface area contributed by atoms with Crippen LogP contribution in [0.1, 0.15) is 50.0 Å². The van der Waals surface area contributed by atoms with E-state index in [1.54, 1.807) is 36.4 Å². The van der Waals surface area contributed by atoms with Crippen LogP contribution < -0.4 is 10.0 Å². The molecule has 0 aromatic heterocycles. The van der Waals surface area contributed by atoms with Gasteiger partial charge in [0.1, 0.15) is 13.6 Å². The minimum absolute atomic E-state index is 0.182. The van der Waals surface area contributed by atoms with Gasteiger partial charge in [0, 0.05) is 17.0 Å². The van der Waals surface area contributed by atoms with E-state index in [0.717, 1.165) is 6.42 Å². The second-order valence-electron chi connectivity index (χ2n) is 8.19. The van der Waals surface area contributed by atoms with E-state index in [9.17, 15) is 9.36 Å². The molecular weight excluding hydrogens is 379 g/mol. The van der Waals surface area contributed by atoms with Crippen molar-refractivity contribution >= 4 is 30.5 Å². The van der Waals surface area contributed by atoms with Gasteiger partial charge in [0.15, 0.2) is 5.78 Å². The maximum Gasteiger partial charge on any atom is 0.199 e. The van der Waals surface area contributed by atoms with Gasteiger partial charge in [0.2, 0.25) is 0 Å². The zero-order chi connectivity index (χ0) is 20.2. The monoisotopic (exact) mass is 406 g/mol. The van der Waals surface area contributed by atoms with Gasteiger partial charge in [-0.2, -0.15) is 0 Å². The highest BCUT2D eigenvalue weighted by molar-refractivity contribution is 7.53. The Hall–Kier alpha value is -1.57. The predicted molar refractivity (Wildman–Crippen MR) is 115 cm³/mol. The van der Waals surface area contributed by atoms with Crippen LogP contribution in [0.15, 0.2) is 42.5 Å². The van der Waals surface area contributed by atoms with Gasteiger partial charge < -0.3 is 9.30 Å². The molecule has 0 aliphatic carbocycles. The summed E-state index contributed by atoms with van der Waals surface area (Å²) in [7, 11) is -0.601. The van der Waals surface area contributed by atoms with Crippen molar-refractivity contribution in [3.63, 3.8) is 0 Å². The Labute approximate surface area is 167 Å². The second kappa shape index (κ2) is 9.08. The first-order chi connectivity index (χ1) is 12.6. The van der Waals surface area contributed by atoms with Crippen molar-refractivity contribution in [3.8, 4) is 5.75 Å². The molecule has 0 bridgehead atoms. The van der Waals surface area contributed by atoms with E-state index in [0.29, 0.717) is 39.3 Å². The van der Waals surface area contributed by atoms with Gasteiger partial charge in [-0.25, -0.2) is 0 Å². The summed E-state index contributed by atoms with van der Waals surface area (Å²) in [5.74, 6) is 0.479. The number of benzene rings is 2. The summed E-state index contributed by atoms with van der Waals surface area (Å²) < 4.78 is 18.4. The average Bonchev–Trinajstić information content (AvgIpc) is 2.59. The molecule has 2 aromatic carbocycles. The van der Waals surface area contributed by atoms with E-state index in [1.807, 2.05) is 6.07 Å². The third kappa shape index (κ3) is 5.70. The highest BCUT2D eigenvalue weighted by Crippen LogP contribution is 2.34. The molecule has 0 amide bonds. The normalized spacial score (nSPS) is 13.9. The molecular formula is C22H28ClO3P. The molecule has 0 N–H and O–H groups in total. The lowest BCUT2D eigenvalue weighted by Gasteiger charge is -2.23. The molecule has 2 aromatic rings. The van der Waals surface area contributed by atoms with E-state index in [-0.39, 0.29) is 11.2 Å². The molecule has 2 rings (SSSR count). The third-order valence-electron chi connectivity index (χ3n) is 4.39. The Morgan fingerprint density at radius 2 is 1.81 bits per heavy atom. The Morgan fingerprint density at radius 3 is 2.44 bits per heavy atom. The fourth-order valence-corrected chi connectivity index (χ4v) is 5.53. The number of ketones is 1. The van der Waals surface area contributed by atoms with Gasteiger partial charge in [-0.05, 0) is 29.9 Å². The van der Waals surface area contributed by atoms with Crippen molar-refractivity contribution in [1.29, 1.82) is 0 Å². The number of carbonyl (C=O) groups is 1. The van der Waals surface area contributed by atoms with E-state index in [2.05, 4.69) is 27.7 Å². The Morgan fingerprint density at radius 1 is 1.15 bits per heavy atom. The Kier molecular flexibility index (Phi) is 7.31. The van der Waals surface area contributed by atoms with Gasteiger partial charge in [-0.1, -0.05) is 69.6 Å². The second-order valence-corrected chi connectivity index (χ2v) is 10.4. The molecule has 5 heteroatoms. The summed E-state index contributed by atoms with van der Waals surface area (Å²) in [5, 5.41) is 0.949. The van der Waals surface area contributed by atoms with E-state index < -0.39 is 7.80 Å². The molecule has 0 radical (unpaired) electrons. The van der Waals surface area contributed by atoms with Gasteiger partial charge in [0.25, 0.3) is 0 Å². The van der Waals surface area contributed by atoms with Gasteiger partial charge >= 0.3 is 0 Å². The summed E-state index contributed by atoms with van der Waals surface area (Å²) in [4.78, 5) is 13.2. The first-order valence-corrected chi connectivity index (χ1v) is 11.1. The van der Waals surface area contributed by atoms with E-state index in [1.165, 1.54) is 7.11 Å². The summed E-state index contributed by atoms with van der Waals surface area (Å²) in [5.41, 5.74) is 0.935. The topological polar surface area (TPSA) is 43.4 Å². The minimum Gasteiger partial charge on any atom is -0.496 e. The SMILES string of the molecule is COc1cccc(Cl)c1C(=O)c1ccccc1[PH](=O)CC(C)CC(C)(C)C. The molecule has 27 heavy (non-hydrogen) atoms. The zero-order valence-electron chi connectivity index (χ0n) is 16.6. The quantitative estimate of drug-likeness (QED) is 0.428. The van der Waals surface area contributed by atoms with Crippen molar-refractivity contribution in [3.05, 3.63) is 58.6 Å². The van der Waals surface area contributed by atoms with Crippen LogP contribution in [-0.2, 0) is 4.57 Å².